The number of nitrogens with zero attached hydrogens (tertiary/aromatic N) is 4. The average molecular weight is 502 g/mol. The Morgan fingerprint density at radius 1 is 1.24 bits per heavy atom. The van der Waals surface area contributed by atoms with Crippen molar-refractivity contribution in [2.24, 2.45) is 5.41 Å². The van der Waals surface area contributed by atoms with Crippen molar-refractivity contribution in [1.29, 1.82) is 5.26 Å². The predicted octanol–water partition coefficient (Wildman–Crippen LogP) is 5.14. The Morgan fingerprint density at radius 3 is 2.68 bits per heavy atom. The van der Waals surface area contributed by atoms with Crippen molar-refractivity contribution in [2.45, 2.75) is 51.2 Å². The van der Waals surface area contributed by atoms with Gasteiger partial charge in [0.05, 0.1) is 11.0 Å². The largest absolute Gasteiger partial charge is 0.481 e. The molecule has 190 valence electrons. The maximum Gasteiger partial charge on any atom is 0.414 e. The summed E-state index contributed by atoms with van der Waals surface area (Å²) in [6, 6.07) is 14.8. The van der Waals surface area contributed by atoms with Crippen LogP contribution in [-0.2, 0) is 9.53 Å². The van der Waals surface area contributed by atoms with Crippen LogP contribution in [0.4, 0.5) is 16.5 Å². The maximum atomic E-state index is 12.6. The number of benzene rings is 1. The second-order valence-electron chi connectivity index (χ2n) is 9.50. The number of pyridine rings is 1. The number of ether oxygens (including phenoxy) is 1. The molecule has 0 radical (unpaired) electrons. The second-order valence-corrected chi connectivity index (χ2v) is 9.50. The third-order valence-electron chi connectivity index (χ3n) is 7.25. The number of hydrogen-bond acceptors (Lipinski definition) is 8. The van der Waals surface area contributed by atoms with Gasteiger partial charge in [0.15, 0.2) is 5.69 Å². The van der Waals surface area contributed by atoms with Gasteiger partial charge in [-0.15, -0.1) is 0 Å². The predicted molar refractivity (Wildman–Crippen MR) is 134 cm³/mol. The highest BCUT2D eigenvalue weighted by Crippen LogP contribution is 2.53. The van der Waals surface area contributed by atoms with E-state index in [2.05, 4.69) is 20.4 Å². The van der Waals surface area contributed by atoms with Gasteiger partial charge in [0.1, 0.15) is 18.0 Å². The first-order valence-electron chi connectivity index (χ1n) is 12.3. The van der Waals surface area contributed by atoms with E-state index >= 15 is 0 Å². The Balaban J connectivity index is 1.35. The summed E-state index contributed by atoms with van der Waals surface area (Å²) in [5, 5.41) is 25.7. The van der Waals surface area contributed by atoms with E-state index in [1.165, 1.54) is 0 Å². The number of carbonyl (C=O) groups is 2. The quantitative estimate of drug-likeness (QED) is 0.450. The molecule has 2 fully saturated rings. The lowest BCUT2D eigenvalue weighted by Crippen LogP contribution is -2.48. The van der Waals surface area contributed by atoms with E-state index in [9.17, 15) is 20.0 Å². The monoisotopic (exact) mass is 501 g/mol. The molecule has 3 aromatic rings. The minimum absolute atomic E-state index is 0.000354. The number of amides is 1. The highest BCUT2D eigenvalue weighted by Gasteiger charge is 2.58. The third-order valence-corrected chi connectivity index (χ3v) is 7.25. The number of carboxylic acid groups (broad SMARTS) is 1. The number of hydrogen-bond donors (Lipinski definition) is 2. The number of aromatic nitrogens is 2. The molecule has 1 amide bonds. The van der Waals surface area contributed by atoms with Gasteiger partial charge in [-0.2, -0.15) is 5.26 Å². The molecule has 2 aliphatic rings. The van der Waals surface area contributed by atoms with Crippen LogP contribution in [0.15, 0.2) is 53.2 Å². The molecular formula is C27H27N5O5. The van der Waals surface area contributed by atoms with Crippen LogP contribution < -0.4 is 10.2 Å². The first-order chi connectivity index (χ1) is 17.9. The summed E-state index contributed by atoms with van der Waals surface area (Å²) in [5.41, 5.74) is 0.961. The Hall–Kier alpha value is -4.39. The summed E-state index contributed by atoms with van der Waals surface area (Å²) in [6.07, 6.45) is 4.48. The maximum absolute atomic E-state index is 12.6. The molecule has 1 saturated heterocycles. The van der Waals surface area contributed by atoms with Gasteiger partial charge < -0.3 is 19.3 Å². The van der Waals surface area contributed by atoms with Crippen molar-refractivity contribution >= 4 is 23.8 Å². The van der Waals surface area contributed by atoms with E-state index in [1.807, 2.05) is 36.4 Å². The standard InChI is InChI=1S/C27H27N5O5/c1-17(18-7-3-2-4-8-18)36-26(35)30-24-23(20(15-28)31-37-24)19-10-11-22(29-16-19)32-14-6-5-9-21(32)27(12-13-27)25(33)34/h2-4,7-8,10-11,16-17,21H,5-6,9,12-14H2,1H3,(H,30,35)(H,33,34). The molecule has 10 heteroatoms. The molecule has 0 bridgehead atoms. The van der Waals surface area contributed by atoms with Crippen LogP contribution in [0.5, 0.6) is 0 Å². The zero-order valence-electron chi connectivity index (χ0n) is 20.4. The average Bonchev–Trinajstić information content (AvgIpc) is 3.65. The number of rotatable bonds is 7. The van der Waals surface area contributed by atoms with Gasteiger partial charge in [0.2, 0.25) is 5.88 Å². The topological polar surface area (TPSA) is 142 Å². The van der Waals surface area contributed by atoms with Gasteiger partial charge in [-0.3, -0.25) is 10.1 Å². The van der Waals surface area contributed by atoms with Crippen molar-refractivity contribution in [3.8, 4) is 17.2 Å². The molecule has 1 saturated carbocycles. The molecule has 2 N–H and O–H groups in total. The van der Waals surface area contributed by atoms with Gasteiger partial charge in [-0.1, -0.05) is 35.5 Å². The number of nitriles is 1. The summed E-state index contributed by atoms with van der Waals surface area (Å²) in [6.45, 7) is 2.49. The van der Waals surface area contributed by atoms with E-state index in [0.717, 1.165) is 31.4 Å². The van der Waals surface area contributed by atoms with Gasteiger partial charge in [0.25, 0.3) is 0 Å². The van der Waals surface area contributed by atoms with Crippen molar-refractivity contribution in [2.75, 3.05) is 16.8 Å². The lowest BCUT2D eigenvalue weighted by Gasteiger charge is -2.40. The molecule has 37 heavy (non-hydrogen) atoms. The Bertz CT molecular complexity index is 1330. The van der Waals surface area contributed by atoms with Crippen molar-refractivity contribution in [1.82, 2.24) is 10.1 Å². The Kier molecular flexibility index (Phi) is 6.53. The molecule has 1 aromatic carbocycles. The molecule has 2 aromatic heterocycles. The Labute approximate surface area is 213 Å². The minimum atomic E-state index is -0.748. The smallest absolute Gasteiger partial charge is 0.414 e. The lowest BCUT2D eigenvalue weighted by atomic mass is 9.87. The van der Waals surface area contributed by atoms with Gasteiger partial charge in [0, 0.05) is 24.3 Å². The first kappa shape index (κ1) is 24.3. The SMILES string of the molecule is CC(OC(=O)Nc1onc(C#N)c1-c1ccc(N2CCCCC2C2(C(=O)O)CC2)nc1)c1ccccc1. The third kappa shape index (κ3) is 4.72. The number of aliphatic carboxylic acids is 1. The Morgan fingerprint density at radius 2 is 2.03 bits per heavy atom. The van der Waals surface area contributed by atoms with Crippen molar-refractivity contribution < 1.29 is 24.0 Å². The molecule has 2 unspecified atom stereocenters. The van der Waals surface area contributed by atoms with Gasteiger partial charge in [-0.05, 0) is 56.7 Å². The number of nitrogens with one attached hydrogen (secondary N) is 1. The highest BCUT2D eigenvalue weighted by molar-refractivity contribution is 5.90. The fourth-order valence-electron chi connectivity index (χ4n) is 5.10. The molecule has 10 nitrogen and oxygen atoms in total. The fourth-order valence-corrected chi connectivity index (χ4v) is 5.10. The molecular weight excluding hydrogens is 474 g/mol. The summed E-state index contributed by atoms with van der Waals surface area (Å²) >= 11 is 0. The van der Waals surface area contributed by atoms with Crippen LogP contribution in [-0.4, -0.2) is 39.9 Å². The van der Waals surface area contributed by atoms with Crippen LogP contribution in [0.2, 0.25) is 0 Å². The van der Waals surface area contributed by atoms with E-state index in [0.29, 0.717) is 29.8 Å². The van der Waals surface area contributed by atoms with Crippen LogP contribution in [0.3, 0.4) is 0 Å². The minimum Gasteiger partial charge on any atom is -0.481 e. The summed E-state index contributed by atoms with van der Waals surface area (Å²) in [5.74, 6) is -0.0788. The summed E-state index contributed by atoms with van der Waals surface area (Å²) in [4.78, 5) is 31.2. The number of carboxylic acids is 1. The molecule has 1 aliphatic heterocycles. The zero-order chi connectivity index (χ0) is 26.0. The molecule has 0 spiro atoms. The lowest BCUT2D eigenvalue weighted by molar-refractivity contribution is -0.144. The van der Waals surface area contributed by atoms with E-state index in [1.54, 1.807) is 25.3 Å². The van der Waals surface area contributed by atoms with E-state index in [4.69, 9.17) is 9.26 Å². The van der Waals surface area contributed by atoms with Crippen molar-refractivity contribution in [3.05, 3.63) is 59.9 Å². The van der Waals surface area contributed by atoms with E-state index < -0.39 is 23.6 Å². The number of anilines is 2. The van der Waals surface area contributed by atoms with Gasteiger partial charge >= 0.3 is 12.1 Å². The normalized spacial score (nSPS) is 18.9. The zero-order valence-corrected chi connectivity index (χ0v) is 20.4. The van der Waals surface area contributed by atoms with Crippen LogP contribution in [0, 0.1) is 16.7 Å². The number of carbonyl (C=O) groups excluding carboxylic acids is 1. The first-order valence-corrected chi connectivity index (χ1v) is 12.3. The molecule has 1 aliphatic carbocycles. The fraction of sp³-hybridized carbons (Fsp3) is 0.370. The van der Waals surface area contributed by atoms with Crippen molar-refractivity contribution in [3.63, 3.8) is 0 Å². The molecule has 3 heterocycles. The summed E-state index contributed by atoms with van der Waals surface area (Å²) < 4.78 is 10.7. The van der Waals surface area contributed by atoms with Crippen LogP contribution >= 0.6 is 0 Å². The number of piperidine rings is 1. The highest BCUT2D eigenvalue weighted by atomic mass is 16.6. The summed E-state index contributed by atoms with van der Waals surface area (Å²) in [7, 11) is 0. The molecule has 5 rings (SSSR count). The van der Waals surface area contributed by atoms with Gasteiger partial charge in [-0.25, -0.2) is 9.78 Å². The molecule has 2 atom stereocenters. The van der Waals surface area contributed by atoms with Crippen LogP contribution in [0.25, 0.3) is 11.1 Å². The van der Waals surface area contributed by atoms with E-state index in [-0.39, 0.29) is 17.6 Å². The van der Waals surface area contributed by atoms with Crippen LogP contribution in [0.1, 0.15) is 56.4 Å². The second kappa shape index (κ2) is 9.93.